The first kappa shape index (κ1) is 13.4. The van der Waals surface area contributed by atoms with E-state index in [0.717, 1.165) is 14.6 Å². The minimum absolute atomic E-state index is 0.309. The van der Waals surface area contributed by atoms with Gasteiger partial charge in [0.1, 0.15) is 0 Å². The van der Waals surface area contributed by atoms with Crippen molar-refractivity contribution in [1.29, 1.82) is 0 Å². The molecule has 0 unspecified atom stereocenters. The van der Waals surface area contributed by atoms with Crippen LogP contribution in [0.3, 0.4) is 0 Å². The van der Waals surface area contributed by atoms with Gasteiger partial charge in [0.05, 0.1) is 0 Å². The van der Waals surface area contributed by atoms with E-state index in [-0.39, 0.29) is 5.75 Å². The number of rotatable bonds is 3. The lowest BCUT2D eigenvalue weighted by molar-refractivity contribution is 0.427. The highest BCUT2D eigenvalue weighted by molar-refractivity contribution is 9.11. The van der Waals surface area contributed by atoms with Crippen molar-refractivity contribution >= 4 is 37.5 Å². The standard InChI is InChI=1S/C13H10Br2FNO/c14-9-4-5-10(15)12(6-9)17-7-8-2-1-3-11(16)13(8)18/h1-6,17-18H,7H2. The van der Waals surface area contributed by atoms with E-state index in [0.29, 0.717) is 12.1 Å². The second-order valence-corrected chi connectivity index (χ2v) is 5.50. The van der Waals surface area contributed by atoms with Gasteiger partial charge in [-0.3, -0.25) is 0 Å². The molecular formula is C13H10Br2FNO. The van der Waals surface area contributed by atoms with Crippen LogP contribution >= 0.6 is 31.9 Å². The lowest BCUT2D eigenvalue weighted by Gasteiger charge is -2.10. The van der Waals surface area contributed by atoms with Crippen LogP contribution in [0.5, 0.6) is 5.75 Å². The maximum Gasteiger partial charge on any atom is 0.165 e. The summed E-state index contributed by atoms with van der Waals surface area (Å²) in [7, 11) is 0. The van der Waals surface area contributed by atoms with Crippen LogP contribution in [0.1, 0.15) is 5.56 Å². The molecule has 0 aliphatic heterocycles. The predicted molar refractivity (Wildman–Crippen MR) is 77.2 cm³/mol. The highest BCUT2D eigenvalue weighted by Crippen LogP contribution is 2.28. The molecule has 2 aromatic carbocycles. The van der Waals surface area contributed by atoms with E-state index < -0.39 is 5.82 Å². The molecule has 2 nitrogen and oxygen atoms in total. The lowest BCUT2D eigenvalue weighted by Crippen LogP contribution is -2.01. The zero-order valence-corrected chi connectivity index (χ0v) is 12.4. The largest absolute Gasteiger partial charge is 0.505 e. The summed E-state index contributed by atoms with van der Waals surface area (Å²) in [4.78, 5) is 0. The molecule has 0 bridgehead atoms. The number of hydrogen-bond acceptors (Lipinski definition) is 2. The van der Waals surface area contributed by atoms with Crippen molar-refractivity contribution in [2.45, 2.75) is 6.54 Å². The van der Waals surface area contributed by atoms with Crippen LogP contribution in [0.15, 0.2) is 45.3 Å². The number of phenolic OH excluding ortho intramolecular Hbond substituents is 1. The van der Waals surface area contributed by atoms with Crippen LogP contribution in [0, 0.1) is 5.82 Å². The van der Waals surface area contributed by atoms with Crippen molar-refractivity contribution in [2.75, 3.05) is 5.32 Å². The van der Waals surface area contributed by atoms with Crippen molar-refractivity contribution in [2.24, 2.45) is 0 Å². The molecule has 0 heterocycles. The fourth-order valence-electron chi connectivity index (χ4n) is 1.53. The second-order valence-electron chi connectivity index (χ2n) is 3.73. The molecule has 2 aromatic rings. The first-order chi connectivity index (χ1) is 8.58. The van der Waals surface area contributed by atoms with Gasteiger partial charge < -0.3 is 10.4 Å². The summed E-state index contributed by atoms with van der Waals surface area (Å²) in [5, 5.41) is 12.7. The highest BCUT2D eigenvalue weighted by Gasteiger charge is 2.07. The molecule has 18 heavy (non-hydrogen) atoms. The number of halogens is 3. The van der Waals surface area contributed by atoms with Crippen LogP contribution in [-0.4, -0.2) is 5.11 Å². The molecule has 2 N–H and O–H groups in total. The van der Waals surface area contributed by atoms with Gasteiger partial charge in [0.15, 0.2) is 11.6 Å². The molecule has 0 saturated carbocycles. The fraction of sp³-hybridized carbons (Fsp3) is 0.0769. The second kappa shape index (κ2) is 5.71. The molecule has 0 spiro atoms. The number of hydrogen-bond donors (Lipinski definition) is 2. The molecule has 0 aliphatic rings. The number of aromatic hydroxyl groups is 1. The van der Waals surface area contributed by atoms with Crippen LogP contribution in [0.25, 0.3) is 0 Å². The van der Waals surface area contributed by atoms with Gasteiger partial charge in [-0.1, -0.05) is 28.1 Å². The Morgan fingerprint density at radius 3 is 2.72 bits per heavy atom. The Morgan fingerprint density at radius 2 is 1.94 bits per heavy atom. The maximum absolute atomic E-state index is 13.2. The lowest BCUT2D eigenvalue weighted by atomic mass is 10.2. The average molecular weight is 375 g/mol. The van der Waals surface area contributed by atoms with Gasteiger partial charge in [-0.15, -0.1) is 0 Å². The van der Waals surface area contributed by atoms with Crippen LogP contribution < -0.4 is 5.32 Å². The van der Waals surface area contributed by atoms with Crippen molar-refractivity contribution in [3.8, 4) is 5.75 Å². The number of phenols is 1. The average Bonchev–Trinajstić information content (AvgIpc) is 2.35. The first-order valence-electron chi connectivity index (χ1n) is 5.23. The Kier molecular flexibility index (Phi) is 4.24. The van der Waals surface area contributed by atoms with Gasteiger partial charge in [-0.2, -0.15) is 0 Å². The zero-order valence-electron chi connectivity index (χ0n) is 9.25. The minimum Gasteiger partial charge on any atom is -0.505 e. The van der Waals surface area contributed by atoms with Crippen molar-refractivity contribution in [1.82, 2.24) is 0 Å². The van der Waals surface area contributed by atoms with E-state index in [1.807, 2.05) is 18.2 Å². The third-order valence-corrected chi connectivity index (χ3v) is 3.65. The van der Waals surface area contributed by atoms with Crippen LogP contribution in [0.2, 0.25) is 0 Å². The Hall–Kier alpha value is -1.07. The van der Waals surface area contributed by atoms with Gasteiger partial charge in [0.2, 0.25) is 0 Å². The number of para-hydroxylation sites is 1. The normalized spacial score (nSPS) is 10.4. The van der Waals surface area contributed by atoms with E-state index in [4.69, 9.17) is 0 Å². The monoisotopic (exact) mass is 373 g/mol. The Balaban J connectivity index is 2.16. The maximum atomic E-state index is 13.2. The van der Waals surface area contributed by atoms with E-state index in [1.54, 1.807) is 12.1 Å². The van der Waals surface area contributed by atoms with E-state index in [9.17, 15) is 9.50 Å². The number of benzene rings is 2. The molecule has 5 heteroatoms. The molecule has 0 saturated heterocycles. The summed E-state index contributed by atoms with van der Waals surface area (Å²) < 4.78 is 15.0. The number of anilines is 1. The summed E-state index contributed by atoms with van der Waals surface area (Å²) in [6.07, 6.45) is 0. The van der Waals surface area contributed by atoms with Crippen molar-refractivity contribution < 1.29 is 9.50 Å². The van der Waals surface area contributed by atoms with Gasteiger partial charge in [-0.25, -0.2) is 4.39 Å². The van der Waals surface area contributed by atoms with Crippen LogP contribution in [0.4, 0.5) is 10.1 Å². The van der Waals surface area contributed by atoms with Gasteiger partial charge in [0.25, 0.3) is 0 Å². The topological polar surface area (TPSA) is 32.3 Å². The Bertz CT molecular complexity index is 573. The molecule has 0 atom stereocenters. The molecular weight excluding hydrogens is 365 g/mol. The summed E-state index contributed by atoms with van der Waals surface area (Å²) in [5.41, 5.74) is 1.38. The summed E-state index contributed by atoms with van der Waals surface area (Å²) in [6.45, 7) is 0.346. The molecule has 0 aliphatic carbocycles. The van der Waals surface area contributed by atoms with E-state index in [2.05, 4.69) is 37.2 Å². The Labute approximate surface area is 121 Å². The third kappa shape index (κ3) is 3.03. The number of nitrogens with one attached hydrogen (secondary N) is 1. The van der Waals surface area contributed by atoms with Crippen molar-refractivity contribution in [3.05, 3.63) is 56.7 Å². The molecule has 94 valence electrons. The molecule has 0 aromatic heterocycles. The smallest absolute Gasteiger partial charge is 0.165 e. The zero-order chi connectivity index (χ0) is 13.1. The summed E-state index contributed by atoms with van der Waals surface area (Å²) in [6, 6.07) is 10.2. The quantitative estimate of drug-likeness (QED) is 0.818. The third-order valence-electron chi connectivity index (χ3n) is 2.47. The summed E-state index contributed by atoms with van der Waals surface area (Å²) in [5.74, 6) is -0.918. The molecule has 0 fully saturated rings. The van der Waals surface area contributed by atoms with Gasteiger partial charge in [0, 0.05) is 26.7 Å². The first-order valence-corrected chi connectivity index (χ1v) is 6.82. The Morgan fingerprint density at radius 1 is 1.17 bits per heavy atom. The predicted octanol–water partition coefficient (Wildman–Crippen LogP) is 4.67. The highest BCUT2D eigenvalue weighted by atomic mass is 79.9. The molecule has 0 amide bonds. The van der Waals surface area contributed by atoms with Gasteiger partial charge in [-0.05, 0) is 40.2 Å². The van der Waals surface area contributed by atoms with Crippen LogP contribution in [-0.2, 0) is 6.54 Å². The molecule has 0 radical (unpaired) electrons. The molecule has 2 rings (SSSR count). The SMILES string of the molecule is Oc1c(F)cccc1CNc1cc(Br)ccc1Br. The minimum atomic E-state index is -0.609. The van der Waals surface area contributed by atoms with E-state index in [1.165, 1.54) is 6.07 Å². The fourth-order valence-corrected chi connectivity index (χ4v) is 2.27. The van der Waals surface area contributed by atoms with E-state index >= 15 is 0 Å². The van der Waals surface area contributed by atoms with Crippen molar-refractivity contribution in [3.63, 3.8) is 0 Å². The summed E-state index contributed by atoms with van der Waals surface area (Å²) >= 11 is 6.80. The van der Waals surface area contributed by atoms with Gasteiger partial charge >= 0.3 is 0 Å².